The fraction of sp³-hybridized carbons (Fsp3) is 0.214. The minimum absolute atomic E-state index is 0.0516. The Hall–Kier alpha value is -2.63. The molecule has 0 unspecified atom stereocenters. The third kappa shape index (κ3) is 3.23. The fourth-order valence-corrected chi connectivity index (χ4v) is 2.03. The molecule has 1 aromatic heterocycles. The number of guanidine groups is 1. The molecule has 20 heavy (non-hydrogen) atoms. The van der Waals surface area contributed by atoms with Crippen LogP contribution in [0.5, 0.6) is 0 Å². The molecule has 0 saturated carbocycles. The van der Waals surface area contributed by atoms with Gasteiger partial charge in [-0.05, 0) is 6.92 Å². The average Bonchev–Trinajstić information content (AvgIpc) is 2.67. The van der Waals surface area contributed by atoms with E-state index < -0.39 is 0 Å². The maximum atomic E-state index is 5.24. The summed E-state index contributed by atoms with van der Waals surface area (Å²) in [6, 6.07) is 10.3. The number of nitrogens with two attached hydrogens (primary N) is 2. The van der Waals surface area contributed by atoms with Gasteiger partial charge in [0.05, 0.1) is 17.5 Å². The first kappa shape index (κ1) is 13.8. The van der Waals surface area contributed by atoms with E-state index in [1.807, 2.05) is 32.0 Å². The molecule has 2 aromatic rings. The van der Waals surface area contributed by atoms with Crippen LogP contribution in [0.2, 0.25) is 0 Å². The summed E-state index contributed by atoms with van der Waals surface area (Å²) in [6.45, 7) is 4.80. The first-order valence-corrected chi connectivity index (χ1v) is 6.33. The molecule has 0 amide bonds. The van der Waals surface area contributed by atoms with Gasteiger partial charge in [0, 0.05) is 12.5 Å². The maximum Gasteiger partial charge on any atom is 0.214 e. The largest absolute Gasteiger partial charge is 0.369 e. The molecule has 5 N–H and O–H groups in total. The van der Waals surface area contributed by atoms with Crippen LogP contribution in [0.3, 0.4) is 0 Å². The van der Waals surface area contributed by atoms with Crippen molar-refractivity contribution in [2.75, 3.05) is 0 Å². The molecule has 104 valence electrons. The SMILES string of the molecule is Cc1[nH][n+](Cc2ccccc2)c(C)c1/C=N/N=C(N)N. The number of aryl methyl sites for hydroxylation is 1. The summed E-state index contributed by atoms with van der Waals surface area (Å²) in [5.41, 5.74) is 14.8. The Morgan fingerprint density at radius 2 is 1.95 bits per heavy atom. The maximum absolute atomic E-state index is 5.24. The zero-order valence-electron chi connectivity index (χ0n) is 11.7. The van der Waals surface area contributed by atoms with Crippen LogP contribution < -0.4 is 16.1 Å². The molecule has 6 heteroatoms. The molecule has 6 nitrogen and oxygen atoms in total. The zero-order chi connectivity index (χ0) is 14.5. The van der Waals surface area contributed by atoms with Crippen molar-refractivity contribution < 1.29 is 4.68 Å². The molecule has 0 aliphatic heterocycles. The number of benzene rings is 1. The molecule has 0 aliphatic carbocycles. The van der Waals surface area contributed by atoms with Crippen LogP contribution in [-0.2, 0) is 6.54 Å². The summed E-state index contributed by atoms with van der Waals surface area (Å²) in [5.74, 6) is -0.0516. The van der Waals surface area contributed by atoms with Gasteiger partial charge >= 0.3 is 0 Å². The van der Waals surface area contributed by atoms with Crippen LogP contribution in [-0.4, -0.2) is 17.3 Å². The van der Waals surface area contributed by atoms with E-state index in [9.17, 15) is 0 Å². The molecular weight excluding hydrogens is 252 g/mol. The number of nitrogens with one attached hydrogen (secondary N) is 1. The summed E-state index contributed by atoms with van der Waals surface area (Å²) in [6.07, 6.45) is 1.66. The van der Waals surface area contributed by atoms with Gasteiger partial charge in [-0.1, -0.05) is 30.3 Å². The van der Waals surface area contributed by atoms with Gasteiger partial charge in [-0.2, -0.15) is 10.2 Å². The molecule has 0 spiro atoms. The van der Waals surface area contributed by atoms with Crippen molar-refractivity contribution in [1.82, 2.24) is 5.10 Å². The minimum Gasteiger partial charge on any atom is -0.369 e. The Bertz CT molecular complexity index is 635. The van der Waals surface area contributed by atoms with Gasteiger partial charge in [0.1, 0.15) is 0 Å². The minimum atomic E-state index is -0.0516. The molecule has 2 rings (SSSR count). The molecule has 0 atom stereocenters. The monoisotopic (exact) mass is 271 g/mol. The Balaban J connectivity index is 2.25. The predicted octanol–water partition coefficient (Wildman–Crippen LogP) is 0.575. The number of rotatable bonds is 4. The van der Waals surface area contributed by atoms with E-state index in [1.54, 1.807) is 6.21 Å². The summed E-state index contributed by atoms with van der Waals surface area (Å²) in [7, 11) is 0. The summed E-state index contributed by atoms with van der Waals surface area (Å²) in [4.78, 5) is 0. The van der Waals surface area contributed by atoms with E-state index >= 15 is 0 Å². The zero-order valence-corrected chi connectivity index (χ0v) is 11.7. The summed E-state index contributed by atoms with van der Waals surface area (Å²) in [5, 5.41) is 10.8. The van der Waals surface area contributed by atoms with Gasteiger partial charge in [-0.3, -0.25) is 0 Å². The highest BCUT2D eigenvalue weighted by Gasteiger charge is 2.17. The van der Waals surface area contributed by atoms with Gasteiger partial charge in [-0.15, -0.1) is 9.78 Å². The third-order valence-electron chi connectivity index (χ3n) is 3.04. The van der Waals surface area contributed by atoms with E-state index in [1.165, 1.54) is 5.56 Å². The van der Waals surface area contributed by atoms with Gasteiger partial charge < -0.3 is 11.5 Å². The van der Waals surface area contributed by atoms with Crippen LogP contribution >= 0.6 is 0 Å². The number of nitrogens with zero attached hydrogens (tertiary/aromatic N) is 3. The molecule has 0 saturated heterocycles. The fourth-order valence-electron chi connectivity index (χ4n) is 2.03. The third-order valence-corrected chi connectivity index (χ3v) is 3.04. The average molecular weight is 271 g/mol. The lowest BCUT2D eigenvalue weighted by molar-refractivity contribution is -0.747. The first-order valence-electron chi connectivity index (χ1n) is 6.33. The topological polar surface area (TPSA) is 96.4 Å². The highest BCUT2D eigenvalue weighted by atomic mass is 15.3. The second-order valence-corrected chi connectivity index (χ2v) is 4.58. The van der Waals surface area contributed by atoms with Crippen molar-refractivity contribution in [1.29, 1.82) is 0 Å². The van der Waals surface area contributed by atoms with E-state index in [2.05, 4.69) is 32.1 Å². The van der Waals surface area contributed by atoms with Crippen molar-refractivity contribution in [3.8, 4) is 0 Å². The Labute approximate surface area is 117 Å². The first-order chi connectivity index (χ1) is 9.58. The highest BCUT2D eigenvalue weighted by molar-refractivity contribution is 5.83. The van der Waals surface area contributed by atoms with Crippen molar-refractivity contribution in [2.24, 2.45) is 21.7 Å². The molecular formula is C14H19N6+. The van der Waals surface area contributed by atoms with Crippen molar-refractivity contribution in [3.63, 3.8) is 0 Å². The van der Waals surface area contributed by atoms with Crippen LogP contribution in [0, 0.1) is 13.8 Å². The van der Waals surface area contributed by atoms with Crippen molar-refractivity contribution >= 4 is 12.2 Å². The van der Waals surface area contributed by atoms with Crippen molar-refractivity contribution in [2.45, 2.75) is 20.4 Å². The molecule has 1 heterocycles. The number of hydrogen-bond donors (Lipinski definition) is 3. The van der Waals surface area contributed by atoms with Crippen LogP contribution in [0.15, 0.2) is 40.5 Å². The summed E-state index contributed by atoms with van der Waals surface area (Å²) < 4.78 is 2.07. The molecule has 0 bridgehead atoms. The van der Waals surface area contributed by atoms with E-state index in [0.29, 0.717) is 0 Å². The lowest BCUT2D eigenvalue weighted by Gasteiger charge is -1.95. The Morgan fingerprint density at radius 3 is 2.60 bits per heavy atom. The quantitative estimate of drug-likeness (QED) is 0.328. The standard InChI is InChI=1S/C14H18N6/c1-10-13(8-17-18-14(15)16)11(2)20(19-10)9-12-6-4-3-5-7-12/h3-8H,9H2,1-2H3,(H4,15,16,18)/p+1/b17-8+. The second kappa shape index (κ2) is 6.01. The Morgan fingerprint density at radius 1 is 1.25 bits per heavy atom. The molecule has 0 radical (unpaired) electrons. The highest BCUT2D eigenvalue weighted by Crippen LogP contribution is 2.06. The predicted molar refractivity (Wildman–Crippen MR) is 79.4 cm³/mol. The number of hydrogen-bond acceptors (Lipinski definition) is 2. The van der Waals surface area contributed by atoms with Gasteiger partial charge in [-0.25, -0.2) is 0 Å². The molecule has 0 aliphatic rings. The smallest absolute Gasteiger partial charge is 0.214 e. The lowest BCUT2D eigenvalue weighted by Crippen LogP contribution is -2.39. The molecule has 1 aromatic carbocycles. The van der Waals surface area contributed by atoms with E-state index in [4.69, 9.17) is 11.5 Å². The van der Waals surface area contributed by atoms with E-state index in [0.717, 1.165) is 23.5 Å². The van der Waals surface area contributed by atoms with Crippen LogP contribution in [0.4, 0.5) is 0 Å². The lowest BCUT2D eigenvalue weighted by atomic mass is 10.2. The van der Waals surface area contributed by atoms with Gasteiger partial charge in [0.15, 0.2) is 6.54 Å². The van der Waals surface area contributed by atoms with E-state index in [-0.39, 0.29) is 5.96 Å². The van der Waals surface area contributed by atoms with Crippen LogP contribution in [0.25, 0.3) is 0 Å². The number of H-pyrrole nitrogens is 1. The van der Waals surface area contributed by atoms with Gasteiger partial charge in [0.2, 0.25) is 11.7 Å². The van der Waals surface area contributed by atoms with Crippen molar-refractivity contribution in [3.05, 3.63) is 52.8 Å². The Kier molecular flexibility index (Phi) is 4.14. The second-order valence-electron chi connectivity index (χ2n) is 4.58. The summed E-state index contributed by atoms with van der Waals surface area (Å²) >= 11 is 0. The number of aromatic amines is 1. The number of aromatic nitrogens is 2. The van der Waals surface area contributed by atoms with Gasteiger partial charge in [0.25, 0.3) is 0 Å². The van der Waals surface area contributed by atoms with Crippen LogP contribution in [0.1, 0.15) is 22.5 Å². The normalized spacial score (nSPS) is 10.9. The molecule has 0 fully saturated rings.